The van der Waals surface area contributed by atoms with Crippen LogP contribution < -0.4 is 0 Å². The number of imide groups is 1. The molecule has 2 aliphatic carbocycles. The van der Waals surface area contributed by atoms with E-state index in [1.54, 1.807) is 0 Å². The number of hydrogen-bond acceptors (Lipinski definition) is 6. The van der Waals surface area contributed by atoms with E-state index in [0.29, 0.717) is 38.0 Å². The molecule has 3 fully saturated rings. The lowest BCUT2D eigenvalue weighted by Crippen LogP contribution is -2.55. The summed E-state index contributed by atoms with van der Waals surface area (Å²) in [5.41, 5.74) is 0.0486. The van der Waals surface area contributed by atoms with Gasteiger partial charge in [0.2, 0.25) is 11.8 Å². The zero-order valence-corrected chi connectivity index (χ0v) is 16.8. The Morgan fingerprint density at radius 1 is 1.21 bits per heavy atom. The maximum absolute atomic E-state index is 13.2. The van der Waals surface area contributed by atoms with Gasteiger partial charge in [-0.15, -0.1) is 12.3 Å². The predicted octanol–water partition coefficient (Wildman–Crippen LogP) is 1.32. The lowest BCUT2D eigenvalue weighted by Gasteiger charge is -2.45. The fourth-order valence-corrected chi connectivity index (χ4v) is 5.00. The molecule has 0 bridgehead atoms. The van der Waals surface area contributed by atoms with Gasteiger partial charge in [0, 0.05) is 30.2 Å². The van der Waals surface area contributed by atoms with E-state index in [-0.39, 0.29) is 24.2 Å². The van der Waals surface area contributed by atoms with Crippen LogP contribution in [0.15, 0.2) is 5.16 Å². The number of oxime groups is 1. The molecule has 7 nitrogen and oxygen atoms in total. The average Bonchev–Trinajstić information content (AvgIpc) is 2.89. The summed E-state index contributed by atoms with van der Waals surface area (Å²) in [6, 6.07) is 0. The molecule has 2 N–H and O–H groups in total. The van der Waals surface area contributed by atoms with Gasteiger partial charge < -0.3 is 15.1 Å². The summed E-state index contributed by atoms with van der Waals surface area (Å²) in [6.07, 6.45) is 5.84. The average molecular weight is 390 g/mol. The van der Waals surface area contributed by atoms with Crippen LogP contribution in [-0.2, 0) is 14.4 Å². The molecule has 0 radical (unpaired) electrons. The molecule has 0 unspecified atom stereocenters. The molecule has 0 spiro atoms. The third-order valence-corrected chi connectivity index (χ3v) is 6.19. The van der Waals surface area contributed by atoms with Crippen LogP contribution in [0.3, 0.4) is 0 Å². The highest BCUT2D eigenvalue weighted by Crippen LogP contribution is 2.50. The summed E-state index contributed by atoms with van der Waals surface area (Å²) >= 11 is 0. The van der Waals surface area contributed by atoms with Gasteiger partial charge in [-0.3, -0.25) is 14.5 Å². The number of carbonyl (C=O) groups excluding carboxylic acids is 2. The molecule has 3 rings (SSSR count). The van der Waals surface area contributed by atoms with Crippen molar-refractivity contribution in [3.05, 3.63) is 0 Å². The predicted molar refractivity (Wildman–Crippen MR) is 103 cm³/mol. The van der Waals surface area contributed by atoms with Crippen LogP contribution in [-0.4, -0.2) is 57.0 Å². The van der Waals surface area contributed by atoms with Gasteiger partial charge in [0.25, 0.3) is 0 Å². The van der Waals surface area contributed by atoms with Crippen molar-refractivity contribution < 1.29 is 24.6 Å². The van der Waals surface area contributed by atoms with Gasteiger partial charge in [0.05, 0.1) is 29.8 Å². The van der Waals surface area contributed by atoms with Gasteiger partial charge >= 0.3 is 0 Å². The number of aliphatic hydroxyl groups excluding tert-OH is 2. The Morgan fingerprint density at radius 2 is 1.89 bits per heavy atom. The Labute approximate surface area is 166 Å². The molecule has 1 saturated heterocycles. The van der Waals surface area contributed by atoms with Crippen LogP contribution in [0.1, 0.15) is 52.9 Å². The maximum atomic E-state index is 13.2. The topological polar surface area (TPSA) is 99.4 Å². The minimum atomic E-state index is -1.06. The van der Waals surface area contributed by atoms with E-state index >= 15 is 0 Å². The number of terminal acetylenes is 1. The normalized spacial score (nSPS) is 36.9. The molecular formula is C21H30N2O5. The van der Waals surface area contributed by atoms with E-state index in [2.05, 4.69) is 11.1 Å². The SMILES string of the molecule is C#CCCCON=C1C[C@@H](O)[C@@H](O)[C@@H]2[C@H]3C(=O)N(C(C)(C)C)C(=O)[C@@H]3CC[C@H]12. The molecule has 0 aromatic rings. The van der Waals surface area contributed by atoms with Gasteiger partial charge in [-0.05, 0) is 40.0 Å². The highest BCUT2D eigenvalue weighted by molar-refractivity contribution is 6.06. The summed E-state index contributed by atoms with van der Waals surface area (Å²) in [5.74, 6) is 0.352. The number of carbonyl (C=O) groups is 2. The van der Waals surface area contributed by atoms with E-state index in [1.807, 2.05) is 20.8 Å². The molecule has 0 aromatic carbocycles. The second-order valence-electron chi connectivity index (χ2n) is 9.06. The monoisotopic (exact) mass is 390 g/mol. The van der Waals surface area contributed by atoms with E-state index < -0.39 is 35.5 Å². The van der Waals surface area contributed by atoms with E-state index in [0.717, 1.165) is 0 Å². The van der Waals surface area contributed by atoms with Crippen molar-refractivity contribution in [1.82, 2.24) is 4.90 Å². The minimum Gasteiger partial charge on any atom is -0.396 e. The van der Waals surface area contributed by atoms with Crippen molar-refractivity contribution in [2.75, 3.05) is 6.61 Å². The minimum absolute atomic E-state index is 0.169. The van der Waals surface area contributed by atoms with Crippen LogP contribution in [0.2, 0.25) is 0 Å². The molecule has 2 amide bonds. The van der Waals surface area contributed by atoms with E-state index in [1.165, 1.54) is 4.90 Å². The van der Waals surface area contributed by atoms with Crippen molar-refractivity contribution in [1.29, 1.82) is 0 Å². The highest BCUT2D eigenvalue weighted by Gasteiger charge is 2.61. The zero-order chi connectivity index (χ0) is 20.6. The number of likely N-dealkylation sites (tertiary alicyclic amines) is 1. The highest BCUT2D eigenvalue weighted by atomic mass is 16.6. The summed E-state index contributed by atoms with van der Waals surface area (Å²) in [5, 5.41) is 25.3. The fourth-order valence-electron chi connectivity index (χ4n) is 5.00. The number of aliphatic hydroxyl groups is 2. The maximum Gasteiger partial charge on any atom is 0.233 e. The molecule has 6 atom stereocenters. The van der Waals surface area contributed by atoms with Gasteiger partial charge in [-0.25, -0.2) is 0 Å². The Morgan fingerprint density at radius 3 is 2.54 bits per heavy atom. The lowest BCUT2D eigenvalue weighted by atomic mass is 9.60. The van der Waals surface area contributed by atoms with Crippen LogP contribution in [0, 0.1) is 36.0 Å². The molecule has 154 valence electrons. The van der Waals surface area contributed by atoms with Gasteiger partial charge in [0.15, 0.2) is 0 Å². The van der Waals surface area contributed by atoms with Crippen LogP contribution >= 0.6 is 0 Å². The summed E-state index contributed by atoms with van der Waals surface area (Å²) in [6.45, 7) is 5.88. The number of unbranched alkanes of at least 4 members (excludes halogenated alkanes) is 1. The first-order valence-electron chi connectivity index (χ1n) is 10.0. The van der Waals surface area contributed by atoms with E-state index in [9.17, 15) is 19.8 Å². The summed E-state index contributed by atoms with van der Waals surface area (Å²) < 4.78 is 0. The standard InChI is InChI=1S/C21H30N2O5/c1-5-6-7-10-28-22-14-11-15(24)18(25)16-12(14)8-9-13-17(16)20(27)23(19(13)26)21(2,3)4/h1,12-13,15-18,24-25H,6-11H2,2-4H3/t12-,13-,15-,16+,17+,18-/m1/s1. The van der Waals surface area contributed by atoms with Gasteiger partial charge in [0.1, 0.15) is 6.61 Å². The summed E-state index contributed by atoms with van der Waals surface area (Å²) in [4.78, 5) is 32.8. The first-order chi connectivity index (χ1) is 13.2. The molecule has 28 heavy (non-hydrogen) atoms. The lowest BCUT2D eigenvalue weighted by molar-refractivity contribution is -0.146. The van der Waals surface area contributed by atoms with E-state index in [4.69, 9.17) is 11.3 Å². The van der Waals surface area contributed by atoms with Gasteiger partial charge in [-0.2, -0.15) is 0 Å². The van der Waals surface area contributed by atoms with Crippen molar-refractivity contribution in [3.8, 4) is 12.3 Å². The Kier molecular flexibility index (Phi) is 5.83. The molecule has 2 saturated carbocycles. The number of nitrogens with zero attached hydrogens (tertiary/aromatic N) is 2. The first kappa shape index (κ1) is 20.8. The number of hydrogen-bond donors (Lipinski definition) is 2. The zero-order valence-electron chi connectivity index (χ0n) is 16.8. The molecule has 7 heteroatoms. The summed E-state index contributed by atoms with van der Waals surface area (Å²) in [7, 11) is 0. The van der Waals surface area contributed by atoms with Crippen LogP contribution in [0.4, 0.5) is 0 Å². The second kappa shape index (κ2) is 7.84. The molecule has 0 aromatic heterocycles. The third kappa shape index (κ3) is 3.56. The third-order valence-electron chi connectivity index (χ3n) is 6.19. The number of rotatable bonds is 4. The molecular weight excluding hydrogens is 360 g/mol. The van der Waals surface area contributed by atoms with Crippen molar-refractivity contribution in [3.63, 3.8) is 0 Å². The largest absolute Gasteiger partial charge is 0.396 e. The van der Waals surface area contributed by atoms with Gasteiger partial charge in [-0.1, -0.05) is 5.16 Å². The first-order valence-corrected chi connectivity index (χ1v) is 10.0. The fraction of sp³-hybridized carbons (Fsp3) is 0.762. The molecule has 1 aliphatic heterocycles. The molecule has 1 heterocycles. The van der Waals surface area contributed by atoms with Crippen molar-refractivity contribution in [2.45, 2.75) is 70.6 Å². The van der Waals surface area contributed by atoms with Crippen molar-refractivity contribution in [2.24, 2.45) is 28.8 Å². The van der Waals surface area contributed by atoms with Crippen LogP contribution in [0.5, 0.6) is 0 Å². The molecule has 3 aliphatic rings. The van der Waals surface area contributed by atoms with Crippen LogP contribution in [0.25, 0.3) is 0 Å². The number of amides is 2. The Hall–Kier alpha value is -1.91. The quantitative estimate of drug-likeness (QED) is 0.326. The smallest absolute Gasteiger partial charge is 0.233 e. The Balaban J connectivity index is 1.85. The number of fused-ring (bicyclic) bond motifs is 3. The Bertz CT molecular complexity index is 705. The second-order valence-corrected chi connectivity index (χ2v) is 9.06. The van der Waals surface area contributed by atoms with Crippen molar-refractivity contribution >= 4 is 17.5 Å².